The standard InChI is InChI=1S/C11H15ClN4O2/c1-3-11(5-4-6-11)15-9-8(16(17)18)7(2)13-10(12)14-9/h3-6H2,1-2H3,(H,13,14,15). The second kappa shape index (κ2) is 4.68. The van der Waals surface area contributed by atoms with Crippen LogP contribution in [0.15, 0.2) is 0 Å². The van der Waals surface area contributed by atoms with Gasteiger partial charge in [-0.2, -0.15) is 4.98 Å². The van der Waals surface area contributed by atoms with Crippen LogP contribution in [0.3, 0.4) is 0 Å². The molecule has 1 fully saturated rings. The van der Waals surface area contributed by atoms with Gasteiger partial charge in [0.05, 0.1) is 4.92 Å². The molecule has 0 radical (unpaired) electrons. The Balaban J connectivity index is 2.39. The largest absolute Gasteiger partial charge is 0.359 e. The van der Waals surface area contributed by atoms with Gasteiger partial charge in [-0.25, -0.2) is 4.98 Å². The Labute approximate surface area is 110 Å². The third kappa shape index (κ3) is 2.25. The number of aromatic nitrogens is 2. The number of aryl methyl sites for hydroxylation is 1. The molecule has 7 heteroatoms. The molecule has 98 valence electrons. The van der Waals surface area contributed by atoms with E-state index >= 15 is 0 Å². The first kappa shape index (κ1) is 13.0. The normalized spacial score (nSPS) is 17.1. The van der Waals surface area contributed by atoms with Crippen molar-refractivity contribution in [2.24, 2.45) is 0 Å². The van der Waals surface area contributed by atoms with Gasteiger partial charge in [0.1, 0.15) is 5.69 Å². The molecular weight excluding hydrogens is 256 g/mol. The van der Waals surface area contributed by atoms with Crippen LogP contribution in [0, 0.1) is 17.0 Å². The predicted octanol–water partition coefficient (Wildman–Crippen LogP) is 3.09. The maximum atomic E-state index is 11.1. The molecule has 1 aliphatic carbocycles. The Morgan fingerprint density at radius 2 is 2.17 bits per heavy atom. The molecule has 1 aromatic heterocycles. The summed E-state index contributed by atoms with van der Waals surface area (Å²) in [5.41, 5.74) is 0.127. The highest BCUT2D eigenvalue weighted by Crippen LogP contribution is 2.40. The zero-order chi connectivity index (χ0) is 13.3. The smallest absolute Gasteiger partial charge is 0.332 e. The number of hydrogen-bond acceptors (Lipinski definition) is 5. The van der Waals surface area contributed by atoms with Gasteiger partial charge in [-0.3, -0.25) is 10.1 Å². The molecule has 0 atom stereocenters. The Morgan fingerprint density at radius 3 is 2.61 bits per heavy atom. The van der Waals surface area contributed by atoms with E-state index in [4.69, 9.17) is 11.6 Å². The summed E-state index contributed by atoms with van der Waals surface area (Å²) in [7, 11) is 0. The monoisotopic (exact) mass is 270 g/mol. The van der Waals surface area contributed by atoms with Crippen molar-refractivity contribution in [1.82, 2.24) is 9.97 Å². The van der Waals surface area contributed by atoms with Gasteiger partial charge >= 0.3 is 5.69 Å². The molecule has 0 aromatic carbocycles. The number of nitrogens with one attached hydrogen (secondary N) is 1. The fraction of sp³-hybridized carbons (Fsp3) is 0.636. The molecular formula is C11H15ClN4O2. The SMILES string of the molecule is CCC1(Nc2nc(Cl)nc(C)c2[N+](=O)[O-])CCC1. The maximum Gasteiger partial charge on any atom is 0.332 e. The van der Waals surface area contributed by atoms with E-state index in [9.17, 15) is 10.1 Å². The van der Waals surface area contributed by atoms with Crippen LogP contribution >= 0.6 is 11.6 Å². The van der Waals surface area contributed by atoms with Crippen molar-refractivity contribution in [3.63, 3.8) is 0 Å². The van der Waals surface area contributed by atoms with Crippen LogP contribution in [0.1, 0.15) is 38.3 Å². The molecule has 6 nitrogen and oxygen atoms in total. The summed E-state index contributed by atoms with van der Waals surface area (Å²) in [6.07, 6.45) is 4.04. The van der Waals surface area contributed by atoms with Crippen LogP contribution in [0.5, 0.6) is 0 Å². The first-order chi connectivity index (χ1) is 8.47. The highest BCUT2D eigenvalue weighted by atomic mass is 35.5. The molecule has 0 unspecified atom stereocenters. The van der Waals surface area contributed by atoms with Gasteiger partial charge in [0.25, 0.3) is 0 Å². The number of nitro groups is 1. The van der Waals surface area contributed by atoms with E-state index in [1.807, 2.05) is 0 Å². The van der Waals surface area contributed by atoms with E-state index in [2.05, 4.69) is 22.2 Å². The number of rotatable bonds is 4. The summed E-state index contributed by atoms with van der Waals surface area (Å²) < 4.78 is 0. The summed E-state index contributed by atoms with van der Waals surface area (Å²) >= 11 is 5.78. The lowest BCUT2D eigenvalue weighted by Gasteiger charge is -2.42. The molecule has 0 aliphatic heterocycles. The van der Waals surface area contributed by atoms with E-state index in [1.165, 1.54) is 0 Å². The van der Waals surface area contributed by atoms with E-state index in [0.717, 1.165) is 25.7 Å². The van der Waals surface area contributed by atoms with Gasteiger partial charge in [-0.15, -0.1) is 0 Å². The Hall–Kier alpha value is -1.43. The molecule has 0 saturated heterocycles. The third-order valence-electron chi connectivity index (χ3n) is 3.58. The average Bonchev–Trinajstić information content (AvgIpc) is 2.21. The van der Waals surface area contributed by atoms with Crippen LogP contribution in [-0.2, 0) is 0 Å². The van der Waals surface area contributed by atoms with Crippen molar-refractivity contribution in [2.75, 3.05) is 5.32 Å². The van der Waals surface area contributed by atoms with Crippen molar-refractivity contribution < 1.29 is 4.92 Å². The predicted molar refractivity (Wildman–Crippen MR) is 68.9 cm³/mol. The molecule has 1 heterocycles. The van der Waals surface area contributed by atoms with E-state index < -0.39 is 4.92 Å². The molecule has 18 heavy (non-hydrogen) atoms. The minimum atomic E-state index is -0.462. The van der Waals surface area contributed by atoms with Crippen molar-refractivity contribution in [3.05, 3.63) is 21.1 Å². The lowest BCUT2D eigenvalue weighted by molar-refractivity contribution is -0.385. The molecule has 1 aliphatic rings. The van der Waals surface area contributed by atoms with Crippen LogP contribution in [0.4, 0.5) is 11.5 Å². The number of hydrogen-bond donors (Lipinski definition) is 1. The second-order valence-corrected chi connectivity index (χ2v) is 4.98. The molecule has 1 saturated carbocycles. The van der Waals surface area contributed by atoms with Crippen molar-refractivity contribution >= 4 is 23.1 Å². The molecule has 2 rings (SSSR count). The van der Waals surface area contributed by atoms with E-state index in [1.54, 1.807) is 6.92 Å². The summed E-state index contributed by atoms with van der Waals surface area (Å²) in [6, 6.07) is 0. The summed E-state index contributed by atoms with van der Waals surface area (Å²) in [5.74, 6) is 0.235. The van der Waals surface area contributed by atoms with E-state index in [-0.39, 0.29) is 28.0 Å². The van der Waals surface area contributed by atoms with Crippen molar-refractivity contribution in [1.29, 1.82) is 0 Å². The number of halogens is 1. The van der Waals surface area contributed by atoms with Crippen LogP contribution in [0.2, 0.25) is 5.28 Å². The first-order valence-corrected chi connectivity index (χ1v) is 6.32. The fourth-order valence-electron chi connectivity index (χ4n) is 2.26. The van der Waals surface area contributed by atoms with Crippen LogP contribution in [-0.4, -0.2) is 20.4 Å². The highest BCUT2D eigenvalue weighted by molar-refractivity contribution is 6.28. The molecule has 1 aromatic rings. The molecule has 0 spiro atoms. The Kier molecular flexibility index (Phi) is 3.38. The van der Waals surface area contributed by atoms with Gasteiger partial charge in [-0.05, 0) is 44.2 Å². The van der Waals surface area contributed by atoms with Gasteiger partial charge in [0.15, 0.2) is 0 Å². The Morgan fingerprint density at radius 1 is 1.50 bits per heavy atom. The fourth-order valence-corrected chi connectivity index (χ4v) is 2.47. The van der Waals surface area contributed by atoms with Crippen molar-refractivity contribution in [2.45, 2.75) is 45.1 Å². The molecule has 1 N–H and O–H groups in total. The second-order valence-electron chi connectivity index (χ2n) is 4.64. The first-order valence-electron chi connectivity index (χ1n) is 5.94. The van der Waals surface area contributed by atoms with Gasteiger partial charge < -0.3 is 5.32 Å². The third-order valence-corrected chi connectivity index (χ3v) is 3.75. The van der Waals surface area contributed by atoms with Crippen molar-refractivity contribution in [3.8, 4) is 0 Å². The van der Waals surface area contributed by atoms with E-state index in [0.29, 0.717) is 0 Å². The van der Waals surface area contributed by atoms with Gasteiger partial charge in [0.2, 0.25) is 11.1 Å². The highest BCUT2D eigenvalue weighted by Gasteiger charge is 2.37. The zero-order valence-corrected chi connectivity index (χ0v) is 11.1. The molecule has 0 bridgehead atoms. The summed E-state index contributed by atoms with van der Waals surface area (Å²) in [5, 5.41) is 14.3. The topological polar surface area (TPSA) is 81.0 Å². The summed E-state index contributed by atoms with van der Waals surface area (Å²) in [4.78, 5) is 18.4. The van der Waals surface area contributed by atoms with Crippen LogP contribution < -0.4 is 5.32 Å². The number of nitrogens with zero attached hydrogens (tertiary/aromatic N) is 3. The molecule has 0 amide bonds. The zero-order valence-electron chi connectivity index (χ0n) is 10.4. The summed E-state index contributed by atoms with van der Waals surface area (Å²) in [6.45, 7) is 3.63. The minimum absolute atomic E-state index is 0.0335. The maximum absolute atomic E-state index is 11.1. The Bertz CT molecular complexity index is 483. The average molecular weight is 271 g/mol. The van der Waals surface area contributed by atoms with Crippen LogP contribution in [0.25, 0.3) is 0 Å². The lowest BCUT2D eigenvalue weighted by atomic mass is 9.75. The van der Waals surface area contributed by atoms with Gasteiger partial charge in [-0.1, -0.05) is 6.92 Å². The minimum Gasteiger partial charge on any atom is -0.359 e. The lowest BCUT2D eigenvalue weighted by Crippen LogP contribution is -2.44. The van der Waals surface area contributed by atoms with Gasteiger partial charge in [0, 0.05) is 5.54 Å². The number of anilines is 1. The quantitative estimate of drug-likeness (QED) is 0.516.